The Balaban J connectivity index is 1.84. The molecule has 1 aliphatic heterocycles. The summed E-state index contributed by atoms with van der Waals surface area (Å²) in [6.45, 7) is 8.74. The number of hydrogen-bond acceptors (Lipinski definition) is 5. The Morgan fingerprint density at radius 2 is 1.90 bits per heavy atom. The topological polar surface area (TPSA) is 92.3 Å². The van der Waals surface area contributed by atoms with E-state index in [2.05, 4.69) is 29.5 Å². The molecule has 1 aromatic carbocycles. The smallest absolute Gasteiger partial charge is 0.218 e. The van der Waals surface area contributed by atoms with Crippen LogP contribution in [0, 0.1) is 5.92 Å². The van der Waals surface area contributed by atoms with Crippen molar-refractivity contribution in [1.29, 1.82) is 0 Å². The Bertz CT molecular complexity index is 762. The fraction of sp³-hybridized carbons (Fsp3) is 0.667. The van der Waals surface area contributed by atoms with Crippen LogP contribution >= 0.6 is 0 Å². The van der Waals surface area contributed by atoms with Gasteiger partial charge in [-0.3, -0.25) is 4.99 Å². The normalized spacial score (nSPS) is 16.1. The van der Waals surface area contributed by atoms with Crippen molar-refractivity contribution in [3.63, 3.8) is 0 Å². The lowest BCUT2D eigenvalue weighted by atomic mass is 10.1. The molecule has 1 aromatic rings. The van der Waals surface area contributed by atoms with E-state index in [9.17, 15) is 8.42 Å². The van der Waals surface area contributed by atoms with Crippen molar-refractivity contribution >= 4 is 16.0 Å². The third-order valence-corrected chi connectivity index (χ3v) is 6.53. The van der Waals surface area contributed by atoms with E-state index >= 15 is 0 Å². The van der Waals surface area contributed by atoms with Crippen LogP contribution in [0.1, 0.15) is 31.4 Å². The van der Waals surface area contributed by atoms with E-state index in [-0.39, 0.29) is 5.75 Å². The van der Waals surface area contributed by atoms with E-state index in [1.54, 1.807) is 7.05 Å². The predicted octanol–water partition coefficient (Wildman–Crippen LogP) is 1.58. The number of hydrogen-bond donors (Lipinski definition) is 2. The van der Waals surface area contributed by atoms with Gasteiger partial charge in [0.2, 0.25) is 10.0 Å². The number of benzene rings is 1. The van der Waals surface area contributed by atoms with Gasteiger partial charge in [-0.1, -0.05) is 38.1 Å². The molecule has 1 heterocycles. The molecule has 1 aliphatic rings. The van der Waals surface area contributed by atoms with E-state index in [0.717, 1.165) is 30.7 Å². The summed E-state index contributed by atoms with van der Waals surface area (Å²) >= 11 is 0. The zero-order valence-corrected chi connectivity index (χ0v) is 19.2. The molecular weight excluding hydrogens is 404 g/mol. The van der Waals surface area contributed by atoms with Gasteiger partial charge in [0.1, 0.15) is 0 Å². The fourth-order valence-corrected chi connectivity index (χ4v) is 4.65. The van der Waals surface area contributed by atoms with Crippen LogP contribution in [0.3, 0.4) is 0 Å². The van der Waals surface area contributed by atoms with E-state index in [1.165, 1.54) is 4.31 Å². The molecule has 0 saturated carbocycles. The lowest BCUT2D eigenvalue weighted by Gasteiger charge is -2.26. The average Bonchev–Trinajstić information content (AvgIpc) is 2.74. The van der Waals surface area contributed by atoms with Crippen LogP contribution in [0.25, 0.3) is 0 Å². The van der Waals surface area contributed by atoms with E-state index in [4.69, 9.17) is 9.47 Å². The Morgan fingerprint density at radius 1 is 1.20 bits per heavy atom. The maximum absolute atomic E-state index is 12.8. The Kier molecular flexibility index (Phi) is 10.6. The van der Waals surface area contributed by atoms with Crippen LogP contribution in [0.15, 0.2) is 29.3 Å². The monoisotopic (exact) mass is 440 g/mol. The molecule has 0 bridgehead atoms. The minimum atomic E-state index is -3.37. The number of guanidine groups is 1. The number of rotatable bonds is 11. The lowest BCUT2D eigenvalue weighted by molar-refractivity contribution is 0.0729. The van der Waals surface area contributed by atoms with Gasteiger partial charge >= 0.3 is 0 Å². The van der Waals surface area contributed by atoms with Gasteiger partial charge in [-0.25, -0.2) is 8.42 Å². The van der Waals surface area contributed by atoms with Gasteiger partial charge in [-0.05, 0) is 23.5 Å². The van der Waals surface area contributed by atoms with Crippen molar-refractivity contribution in [2.45, 2.75) is 32.6 Å². The molecule has 30 heavy (non-hydrogen) atoms. The van der Waals surface area contributed by atoms with E-state index < -0.39 is 10.0 Å². The molecule has 170 valence electrons. The molecule has 1 fully saturated rings. The molecule has 0 amide bonds. The largest absolute Gasteiger partial charge is 0.381 e. The molecule has 0 atom stereocenters. The summed E-state index contributed by atoms with van der Waals surface area (Å²) in [5.41, 5.74) is 1.74. The maximum Gasteiger partial charge on any atom is 0.218 e. The third kappa shape index (κ3) is 8.59. The highest BCUT2D eigenvalue weighted by Gasteiger charge is 2.25. The van der Waals surface area contributed by atoms with Crippen LogP contribution in [-0.4, -0.2) is 71.8 Å². The van der Waals surface area contributed by atoms with Crippen LogP contribution in [0.2, 0.25) is 0 Å². The van der Waals surface area contributed by atoms with E-state index in [0.29, 0.717) is 51.3 Å². The second-order valence-corrected chi connectivity index (χ2v) is 9.68. The summed E-state index contributed by atoms with van der Waals surface area (Å²) in [6.07, 6.45) is 0.891. The molecule has 0 aliphatic carbocycles. The molecular formula is C21H36N4O4S. The maximum atomic E-state index is 12.8. The highest BCUT2D eigenvalue weighted by molar-refractivity contribution is 7.88. The van der Waals surface area contributed by atoms with Crippen LogP contribution in [0.4, 0.5) is 0 Å². The standard InChI is InChI=1S/C21H36N4O4S/c1-18(2)16-29-12-6-9-23-21(22-3)24-15-19-7-4-5-8-20(19)17-30(26,27)25-10-13-28-14-11-25/h4-5,7-8,18H,6,9-17H2,1-3H3,(H2,22,23,24). The van der Waals surface area contributed by atoms with Crippen LogP contribution in [0.5, 0.6) is 0 Å². The SMILES string of the molecule is CN=C(NCCCOCC(C)C)NCc1ccccc1CS(=O)(=O)N1CCOCC1. The highest BCUT2D eigenvalue weighted by Crippen LogP contribution is 2.16. The van der Waals surface area contributed by atoms with Gasteiger partial charge in [0.15, 0.2) is 5.96 Å². The zero-order valence-electron chi connectivity index (χ0n) is 18.4. The van der Waals surface area contributed by atoms with Crippen LogP contribution < -0.4 is 10.6 Å². The first kappa shape index (κ1) is 24.6. The fourth-order valence-electron chi connectivity index (χ4n) is 3.08. The van der Waals surface area contributed by atoms with Crippen molar-refractivity contribution in [3.05, 3.63) is 35.4 Å². The molecule has 2 rings (SSSR count). The second-order valence-electron chi connectivity index (χ2n) is 7.71. The van der Waals surface area contributed by atoms with Gasteiger partial charge in [0, 0.05) is 46.4 Å². The molecule has 1 saturated heterocycles. The number of sulfonamides is 1. The Hall–Kier alpha value is -1.68. The first-order chi connectivity index (χ1) is 14.4. The third-order valence-electron chi connectivity index (χ3n) is 4.70. The first-order valence-corrected chi connectivity index (χ1v) is 12.2. The van der Waals surface area contributed by atoms with Gasteiger partial charge in [0.25, 0.3) is 0 Å². The zero-order chi connectivity index (χ0) is 21.8. The number of ether oxygens (including phenoxy) is 2. The van der Waals surface area contributed by atoms with Gasteiger partial charge in [0.05, 0.1) is 19.0 Å². The van der Waals surface area contributed by atoms with Crippen molar-refractivity contribution in [1.82, 2.24) is 14.9 Å². The van der Waals surface area contributed by atoms with Gasteiger partial charge < -0.3 is 20.1 Å². The van der Waals surface area contributed by atoms with E-state index in [1.807, 2.05) is 24.3 Å². The van der Waals surface area contributed by atoms with Crippen molar-refractivity contribution in [2.24, 2.45) is 10.9 Å². The molecule has 2 N–H and O–H groups in total. The summed E-state index contributed by atoms with van der Waals surface area (Å²) in [4.78, 5) is 4.24. The lowest BCUT2D eigenvalue weighted by Crippen LogP contribution is -2.41. The predicted molar refractivity (Wildman–Crippen MR) is 120 cm³/mol. The van der Waals surface area contributed by atoms with Crippen molar-refractivity contribution < 1.29 is 17.9 Å². The van der Waals surface area contributed by atoms with Crippen molar-refractivity contribution in [3.8, 4) is 0 Å². The second kappa shape index (κ2) is 12.9. The summed E-state index contributed by atoms with van der Waals surface area (Å²) in [5.74, 6) is 1.22. The minimum Gasteiger partial charge on any atom is -0.381 e. The molecule has 0 aromatic heterocycles. The summed E-state index contributed by atoms with van der Waals surface area (Å²) in [5, 5.41) is 6.54. The molecule has 8 nitrogen and oxygen atoms in total. The average molecular weight is 441 g/mol. The van der Waals surface area contributed by atoms with Gasteiger partial charge in [-0.15, -0.1) is 0 Å². The summed E-state index contributed by atoms with van der Waals surface area (Å²) in [7, 11) is -1.64. The molecule has 0 unspecified atom stereocenters. The number of aliphatic imine (C=N–C) groups is 1. The first-order valence-electron chi connectivity index (χ1n) is 10.6. The summed E-state index contributed by atoms with van der Waals surface area (Å²) < 4.78 is 37.9. The minimum absolute atomic E-state index is 0.00985. The Labute approximate surface area is 181 Å². The quantitative estimate of drug-likeness (QED) is 0.308. The molecule has 0 radical (unpaired) electrons. The van der Waals surface area contributed by atoms with Crippen molar-refractivity contribution in [2.75, 3.05) is 53.1 Å². The molecule has 0 spiro atoms. The summed E-state index contributed by atoms with van der Waals surface area (Å²) in [6, 6.07) is 7.61. The molecule has 9 heteroatoms. The van der Waals surface area contributed by atoms with Crippen LogP contribution in [-0.2, 0) is 31.8 Å². The number of morpholine rings is 1. The number of nitrogens with one attached hydrogen (secondary N) is 2. The van der Waals surface area contributed by atoms with Gasteiger partial charge in [-0.2, -0.15) is 4.31 Å². The number of nitrogens with zero attached hydrogens (tertiary/aromatic N) is 2. The highest BCUT2D eigenvalue weighted by atomic mass is 32.2. The Morgan fingerprint density at radius 3 is 2.57 bits per heavy atom.